The number of carbonyl (C=O) groups excluding carboxylic acids is 1. The number of likely N-dealkylation sites (tertiary alicyclic amines) is 1. The molecule has 6 nitrogen and oxygen atoms in total. The lowest BCUT2D eigenvalue weighted by atomic mass is 9.99. The summed E-state index contributed by atoms with van der Waals surface area (Å²) in [6.45, 7) is 3.42. The van der Waals surface area contributed by atoms with Crippen LogP contribution in [-0.2, 0) is 6.54 Å². The van der Waals surface area contributed by atoms with Gasteiger partial charge in [-0.25, -0.2) is 0 Å². The number of carbonyl (C=O) groups is 1. The van der Waals surface area contributed by atoms with Gasteiger partial charge in [0.25, 0.3) is 5.91 Å². The Kier molecular flexibility index (Phi) is 5.36. The van der Waals surface area contributed by atoms with E-state index < -0.39 is 0 Å². The van der Waals surface area contributed by atoms with Gasteiger partial charge in [0, 0.05) is 25.7 Å². The molecule has 1 aromatic carbocycles. The lowest BCUT2D eigenvalue weighted by Crippen LogP contribution is -2.37. The normalized spacial score (nSPS) is 21.1. The second-order valence-corrected chi connectivity index (χ2v) is 7.31. The first-order valence-electron chi connectivity index (χ1n) is 9.59. The van der Waals surface area contributed by atoms with E-state index in [0.717, 1.165) is 25.8 Å². The van der Waals surface area contributed by atoms with Crippen molar-refractivity contribution >= 4 is 11.5 Å². The standard InChI is InChI=1S/C21H25N3O3/c25-18-7-4-10-23(14-18)15-19-13-20(22-27-19)21(26)24-11-8-17(9-12-24)16-5-2-1-3-6-16/h1-3,5-6,8,13,18,25H,4,7,9-12,14-15H2/t18-/m0/s1. The molecule has 3 heterocycles. The van der Waals surface area contributed by atoms with Crippen LogP contribution in [0.15, 0.2) is 47.0 Å². The van der Waals surface area contributed by atoms with Crippen molar-refractivity contribution in [2.24, 2.45) is 0 Å². The van der Waals surface area contributed by atoms with Crippen LogP contribution in [-0.4, -0.2) is 58.3 Å². The van der Waals surface area contributed by atoms with E-state index in [1.807, 2.05) is 18.2 Å². The van der Waals surface area contributed by atoms with E-state index in [1.54, 1.807) is 11.0 Å². The second-order valence-electron chi connectivity index (χ2n) is 7.31. The van der Waals surface area contributed by atoms with E-state index in [2.05, 4.69) is 28.3 Å². The zero-order chi connectivity index (χ0) is 18.6. The highest BCUT2D eigenvalue weighted by Gasteiger charge is 2.24. The first-order chi connectivity index (χ1) is 13.2. The lowest BCUT2D eigenvalue weighted by Gasteiger charge is -2.28. The predicted molar refractivity (Wildman–Crippen MR) is 102 cm³/mol. The van der Waals surface area contributed by atoms with Crippen molar-refractivity contribution in [2.75, 3.05) is 26.2 Å². The van der Waals surface area contributed by atoms with Gasteiger partial charge >= 0.3 is 0 Å². The molecular formula is C21H25N3O3. The average molecular weight is 367 g/mol. The molecule has 0 unspecified atom stereocenters. The Morgan fingerprint density at radius 2 is 2.11 bits per heavy atom. The third kappa shape index (κ3) is 4.28. The Labute approximate surface area is 159 Å². The Morgan fingerprint density at radius 3 is 2.85 bits per heavy atom. The molecule has 1 aromatic heterocycles. The van der Waals surface area contributed by atoms with Gasteiger partial charge in [0.2, 0.25) is 0 Å². The minimum absolute atomic E-state index is 0.0907. The van der Waals surface area contributed by atoms with Crippen LogP contribution in [0.2, 0.25) is 0 Å². The second kappa shape index (κ2) is 8.06. The van der Waals surface area contributed by atoms with Crippen LogP contribution in [0.4, 0.5) is 0 Å². The van der Waals surface area contributed by atoms with Crippen LogP contribution in [0.25, 0.3) is 5.57 Å². The molecule has 1 fully saturated rings. The molecule has 1 N–H and O–H groups in total. The summed E-state index contributed by atoms with van der Waals surface area (Å²) < 4.78 is 5.37. The third-order valence-corrected chi connectivity index (χ3v) is 5.28. The maximum absolute atomic E-state index is 12.7. The zero-order valence-corrected chi connectivity index (χ0v) is 15.4. The zero-order valence-electron chi connectivity index (χ0n) is 15.4. The maximum atomic E-state index is 12.7. The summed E-state index contributed by atoms with van der Waals surface area (Å²) in [7, 11) is 0. The molecule has 1 atom stereocenters. The highest BCUT2D eigenvalue weighted by atomic mass is 16.5. The van der Waals surface area contributed by atoms with Crippen molar-refractivity contribution < 1.29 is 14.4 Å². The Bertz CT molecular complexity index is 815. The maximum Gasteiger partial charge on any atom is 0.276 e. The van der Waals surface area contributed by atoms with Gasteiger partial charge in [-0.1, -0.05) is 41.6 Å². The van der Waals surface area contributed by atoms with E-state index in [1.165, 1.54) is 11.1 Å². The summed E-state index contributed by atoms with van der Waals surface area (Å²) in [4.78, 5) is 16.7. The largest absolute Gasteiger partial charge is 0.392 e. The number of aromatic nitrogens is 1. The summed E-state index contributed by atoms with van der Waals surface area (Å²) >= 11 is 0. The smallest absolute Gasteiger partial charge is 0.276 e. The van der Waals surface area contributed by atoms with Gasteiger partial charge in [0.05, 0.1) is 12.6 Å². The van der Waals surface area contributed by atoms with Crippen molar-refractivity contribution in [3.8, 4) is 0 Å². The molecule has 2 aliphatic heterocycles. The van der Waals surface area contributed by atoms with Crippen molar-refractivity contribution in [2.45, 2.75) is 31.9 Å². The molecule has 2 aliphatic rings. The molecule has 27 heavy (non-hydrogen) atoms. The number of rotatable bonds is 4. The number of β-amino-alcohol motifs (C(OH)–C–C–N with tert-alkyl or cyclic N) is 1. The van der Waals surface area contributed by atoms with Gasteiger partial charge in [0.15, 0.2) is 11.5 Å². The third-order valence-electron chi connectivity index (χ3n) is 5.28. The summed E-state index contributed by atoms with van der Waals surface area (Å²) in [6, 6.07) is 12.0. The van der Waals surface area contributed by atoms with Gasteiger partial charge in [-0.2, -0.15) is 0 Å². The lowest BCUT2D eigenvalue weighted by molar-refractivity contribution is 0.0622. The number of amides is 1. The fourth-order valence-corrected chi connectivity index (χ4v) is 3.81. The summed E-state index contributed by atoms with van der Waals surface area (Å²) in [5, 5.41) is 13.7. The number of piperidine rings is 1. The molecule has 0 radical (unpaired) electrons. The van der Waals surface area contributed by atoms with Crippen molar-refractivity contribution in [1.82, 2.24) is 15.0 Å². The minimum Gasteiger partial charge on any atom is -0.392 e. The van der Waals surface area contributed by atoms with Crippen molar-refractivity contribution in [1.29, 1.82) is 0 Å². The van der Waals surface area contributed by atoms with Crippen LogP contribution in [0.1, 0.15) is 41.1 Å². The van der Waals surface area contributed by atoms with Gasteiger partial charge in [0.1, 0.15) is 0 Å². The SMILES string of the molecule is O=C(c1cc(CN2CCC[C@H](O)C2)on1)N1CC=C(c2ccccc2)CC1. The minimum atomic E-state index is -0.276. The number of nitrogens with zero attached hydrogens (tertiary/aromatic N) is 3. The van der Waals surface area contributed by atoms with E-state index >= 15 is 0 Å². The number of hydrogen-bond acceptors (Lipinski definition) is 5. The Balaban J connectivity index is 1.36. The fourth-order valence-electron chi connectivity index (χ4n) is 3.81. The van der Waals surface area contributed by atoms with Gasteiger partial charge in [-0.3, -0.25) is 9.69 Å². The fraction of sp³-hybridized carbons (Fsp3) is 0.429. The van der Waals surface area contributed by atoms with Crippen LogP contribution < -0.4 is 0 Å². The van der Waals surface area contributed by atoms with Crippen LogP contribution in [0, 0.1) is 0 Å². The number of aliphatic hydroxyl groups excluding tert-OH is 1. The van der Waals surface area contributed by atoms with E-state index in [-0.39, 0.29) is 12.0 Å². The monoisotopic (exact) mass is 367 g/mol. The average Bonchev–Trinajstić information content (AvgIpc) is 3.17. The topological polar surface area (TPSA) is 69.8 Å². The molecule has 1 amide bonds. The van der Waals surface area contributed by atoms with Crippen molar-refractivity contribution in [3.05, 3.63) is 59.5 Å². The Morgan fingerprint density at radius 1 is 1.26 bits per heavy atom. The molecule has 2 aromatic rings. The number of aliphatic hydroxyl groups is 1. The van der Waals surface area contributed by atoms with E-state index in [0.29, 0.717) is 37.6 Å². The van der Waals surface area contributed by atoms with Crippen LogP contribution in [0.5, 0.6) is 0 Å². The molecule has 1 saturated heterocycles. The van der Waals surface area contributed by atoms with Gasteiger partial charge in [-0.05, 0) is 36.9 Å². The molecule has 6 heteroatoms. The summed E-state index contributed by atoms with van der Waals surface area (Å²) in [5.74, 6) is 0.581. The van der Waals surface area contributed by atoms with Gasteiger partial charge in [-0.15, -0.1) is 0 Å². The molecule has 0 bridgehead atoms. The molecule has 4 rings (SSSR count). The van der Waals surface area contributed by atoms with E-state index in [9.17, 15) is 9.90 Å². The van der Waals surface area contributed by atoms with Gasteiger partial charge < -0.3 is 14.5 Å². The number of benzene rings is 1. The summed E-state index contributed by atoms with van der Waals surface area (Å²) in [6.07, 6.45) is 4.51. The molecule has 0 spiro atoms. The first-order valence-corrected chi connectivity index (χ1v) is 9.59. The molecule has 142 valence electrons. The quantitative estimate of drug-likeness (QED) is 0.899. The number of hydrogen-bond donors (Lipinski definition) is 1. The summed E-state index contributed by atoms with van der Waals surface area (Å²) in [5.41, 5.74) is 2.86. The predicted octanol–water partition coefficient (Wildman–Crippen LogP) is 2.56. The highest BCUT2D eigenvalue weighted by Crippen LogP contribution is 2.23. The Hall–Kier alpha value is -2.44. The molecule has 0 saturated carbocycles. The van der Waals surface area contributed by atoms with Crippen molar-refractivity contribution in [3.63, 3.8) is 0 Å². The van der Waals surface area contributed by atoms with Crippen LogP contribution >= 0.6 is 0 Å². The van der Waals surface area contributed by atoms with Crippen LogP contribution in [0.3, 0.4) is 0 Å². The molecule has 0 aliphatic carbocycles. The first kappa shape index (κ1) is 17.9. The van der Waals surface area contributed by atoms with E-state index in [4.69, 9.17) is 4.52 Å². The highest BCUT2D eigenvalue weighted by molar-refractivity contribution is 5.92. The molecular weight excluding hydrogens is 342 g/mol.